The summed E-state index contributed by atoms with van der Waals surface area (Å²) in [5.74, 6) is -6.23. The van der Waals surface area contributed by atoms with Gasteiger partial charge in [-0.1, -0.05) is 74.4 Å². The minimum Gasteiger partial charge on any atom is -0.461 e. The van der Waals surface area contributed by atoms with Gasteiger partial charge in [-0.3, -0.25) is 19.3 Å². The van der Waals surface area contributed by atoms with E-state index in [1.807, 2.05) is 55.4 Å². The van der Waals surface area contributed by atoms with Crippen LogP contribution < -0.4 is 0 Å². The molecule has 1 aliphatic carbocycles. The van der Waals surface area contributed by atoms with Gasteiger partial charge in [0.2, 0.25) is 0 Å². The van der Waals surface area contributed by atoms with E-state index in [9.17, 15) is 24.9 Å². The Balaban J connectivity index is 1.88. The van der Waals surface area contributed by atoms with Gasteiger partial charge >= 0.3 is 11.9 Å². The molecule has 18 heteroatoms. The van der Waals surface area contributed by atoms with Crippen molar-refractivity contribution in [1.82, 2.24) is 4.90 Å². The number of hydrogen-bond acceptors (Lipinski definition) is 18. The maximum Gasteiger partial charge on any atom is 0.311 e. The van der Waals surface area contributed by atoms with Gasteiger partial charge < -0.3 is 62.8 Å². The molecule has 4 rings (SSSR count). The number of methoxy groups -OCH3 is 2. The molecule has 0 amide bonds. The molecule has 0 radical (unpaired) electrons. The number of aliphatic hydroxyl groups is 3. The van der Waals surface area contributed by atoms with Crippen LogP contribution in [-0.4, -0.2) is 176 Å². The maximum atomic E-state index is 15.3. The Hall–Kier alpha value is -2.36. The number of ether oxygens (including phenoxy) is 9. The monoisotopic (exact) mass is 1040 g/mol. The molecule has 3 saturated heterocycles. The van der Waals surface area contributed by atoms with Gasteiger partial charge in [0.1, 0.15) is 43.2 Å². The largest absolute Gasteiger partial charge is 0.461 e. The highest BCUT2D eigenvalue weighted by molar-refractivity contribution is 5.90. The third kappa shape index (κ3) is 16.8. The second kappa shape index (κ2) is 28.3. The molecule has 73 heavy (non-hydrogen) atoms. The first-order valence-electron chi connectivity index (χ1n) is 27.3. The molecule has 4 aliphatic rings. The summed E-state index contributed by atoms with van der Waals surface area (Å²) < 4.78 is 58.1. The third-order valence-electron chi connectivity index (χ3n) is 15.9. The highest BCUT2D eigenvalue weighted by Gasteiger charge is 2.51. The van der Waals surface area contributed by atoms with Gasteiger partial charge in [-0.15, -0.1) is 0 Å². The molecule has 3 N–H and O–H groups in total. The van der Waals surface area contributed by atoms with E-state index in [1.54, 1.807) is 27.9 Å². The van der Waals surface area contributed by atoms with Gasteiger partial charge in [0.25, 0.3) is 0 Å². The predicted octanol–water partition coefficient (Wildman–Crippen LogP) is 6.35. The summed E-state index contributed by atoms with van der Waals surface area (Å²) in [5, 5.41) is 39.2. The molecule has 0 aromatic rings. The van der Waals surface area contributed by atoms with Crippen LogP contribution in [0.5, 0.6) is 0 Å². The average molecular weight is 1040 g/mol. The molecule has 3 aliphatic heterocycles. The summed E-state index contributed by atoms with van der Waals surface area (Å²) in [6.07, 6.45) is -8.36. The van der Waals surface area contributed by atoms with E-state index in [0.29, 0.717) is 37.4 Å². The van der Waals surface area contributed by atoms with E-state index in [2.05, 4.69) is 30.8 Å². The van der Waals surface area contributed by atoms with E-state index in [4.69, 9.17) is 47.5 Å². The molecule has 0 aromatic heterocycles. The van der Waals surface area contributed by atoms with Crippen LogP contribution in [0.2, 0.25) is 0 Å². The zero-order chi connectivity index (χ0) is 54.8. The standard InChI is InChI=1S/C55H98N2O16/c1-28(2)19-20-57-26-35(10)68-43(23-33(57)8)71-49-36(11)46(73-54-45(60)40(56-66-18)24-34(9)69-54)31(6)25-55(15,63)52(61)38(13)48(70-42(58)21-29(3)4)37(12)47(72-53(62)39(49)14)32(7)27-67-41-22-30(5)44(59)51(65-17)50(41)64-16/h28-39,41,43-51,54,59-60,63H,19-27H2,1-18H3/t30-,31-,32-,33?,34+,35-,36+,37-,38+,39+,41+,43-,44+,45+,46-,47+,48+,49-,50-,51+,54-,55-/m0/s1. The minimum absolute atomic E-state index is 0.0480. The van der Waals surface area contributed by atoms with Crippen LogP contribution >= 0.6 is 0 Å². The quantitative estimate of drug-likeness (QED) is 0.107. The van der Waals surface area contributed by atoms with Crippen LogP contribution in [0.1, 0.15) is 142 Å². The lowest BCUT2D eigenvalue weighted by molar-refractivity contribution is -0.264. The van der Waals surface area contributed by atoms with E-state index in [1.165, 1.54) is 21.1 Å². The fourth-order valence-electron chi connectivity index (χ4n) is 11.8. The van der Waals surface area contributed by atoms with E-state index in [-0.39, 0.29) is 43.4 Å². The molecule has 1 unspecified atom stereocenters. The third-order valence-corrected chi connectivity index (χ3v) is 15.9. The van der Waals surface area contributed by atoms with Gasteiger partial charge in [-0.05, 0) is 84.1 Å². The smallest absolute Gasteiger partial charge is 0.311 e. The molecule has 22 atom stereocenters. The van der Waals surface area contributed by atoms with Crippen LogP contribution in [0, 0.1) is 53.3 Å². The number of cyclic esters (lactones) is 1. The fraction of sp³-hybridized carbons (Fsp3) is 0.927. The van der Waals surface area contributed by atoms with Crippen LogP contribution in [0.15, 0.2) is 5.16 Å². The number of nitrogens with zero attached hydrogens (tertiary/aromatic N) is 2. The van der Waals surface area contributed by atoms with Gasteiger partial charge in [-0.2, -0.15) is 0 Å². The molecule has 1 saturated carbocycles. The minimum atomic E-state index is -2.00. The Bertz CT molecular complexity index is 1750. The van der Waals surface area contributed by atoms with Crippen molar-refractivity contribution in [2.45, 2.75) is 234 Å². The number of carbonyl (C=O) groups excluding carboxylic acids is 3. The Labute approximate surface area is 437 Å². The van der Waals surface area contributed by atoms with Crippen molar-refractivity contribution in [3.63, 3.8) is 0 Å². The first-order chi connectivity index (χ1) is 34.1. The fourth-order valence-corrected chi connectivity index (χ4v) is 11.8. The topological polar surface area (TPSA) is 220 Å². The number of esters is 2. The summed E-state index contributed by atoms with van der Waals surface area (Å²) in [6, 6.07) is 0.0679. The molecule has 0 spiro atoms. The zero-order valence-electron chi connectivity index (χ0n) is 47.7. The molecule has 3 heterocycles. The van der Waals surface area contributed by atoms with Crippen molar-refractivity contribution in [3.8, 4) is 0 Å². The van der Waals surface area contributed by atoms with Crippen molar-refractivity contribution >= 4 is 23.4 Å². The molecule has 0 bridgehead atoms. The Kier molecular flexibility index (Phi) is 24.5. The van der Waals surface area contributed by atoms with Crippen LogP contribution in [0.25, 0.3) is 0 Å². The summed E-state index contributed by atoms with van der Waals surface area (Å²) in [6.45, 7) is 30.0. The normalized spacial score (nSPS) is 42.0. The number of ketones is 1. The van der Waals surface area contributed by atoms with Crippen molar-refractivity contribution in [2.75, 3.05) is 41.0 Å². The lowest BCUT2D eigenvalue weighted by Gasteiger charge is -2.44. The maximum absolute atomic E-state index is 15.3. The van der Waals surface area contributed by atoms with Crippen LogP contribution in [0.4, 0.5) is 0 Å². The van der Waals surface area contributed by atoms with Gasteiger partial charge in [0.05, 0.1) is 60.8 Å². The number of carbonyl (C=O) groups is 3. The van der Waals surface area contributed by atoms with Crippen molar-refractivity contribution < 1.29 is 77.2 Å². The lowest BCUT2D eigenvalue weighted by atomic mass is 9.74. The van der Waals surface area contributed by atoms with Gasteiger partial charge in [0.15, 0.2) is 18.4 Å². The molecule has 18 nitrogen and oxygen atoms in total. The predicted molar refractivity (Wildman–Crippen MR) is 274 cm³/mol. The second-order valence-electron chi connectivity index (χ2n) is 23.6. The summed E-state index contributed by atoms with van der Waals surface area (Å²) in [7, 11) is 4.46. The van der Waals surface area contributed by atoms with Crippen molar-refractivity contribution in [3.05, 3.63) is 0 Å². The second-order valence-corrected chi connectivity index (χ2v) is 23.6. The molecular weight excluding hydrogens is 945 g/mol. The van der Waals surface area contributed by atoms with E-state index < -0.39 is 132 Å². The van der Waals surface area contributed by atoms with Crippen LogP contribution in [0.3, 0.4) is 0 Å². The molecule has 0 aromatic carbocycles. The van der Waals surface area contributed by atoms with E-state index in [0.717, 1.165) is 13.0 Å². The van der Waals surface area contributed by atoms with Gasteiger partial charge in [0, 0.05) is 63.8 Å². The first-order valence-corrected chi connectivity index (χ1v) is 27.3. The summed E-state index contributed by atoms with van der Waals surface area (Å²) in [5.41, 5.74) is -1.67. The van der Waals surface area contributed by atoms with Crippen molar-refractivity contribution in [2.24, 2.45) is 58.4 Å². The summed E-state index contributed by atoms with van der Waals surface area (Å²) in [4.78, 5) is 51.5. The number of rotatable bonds is 17. The van der Waals surface area contributed by atoms with Gasteiger partial charge in [-0.25, -0.2) is 0 Å². The Morgan fingerprint density at radius 3 is 2.05 bits per heavy atom. The van der Waals surface area contributed by atoms with E-state index >= 15 is 4.79 Å². The highest BCUT2D eigenvalue weighted by atomic mass is 16.7. The SMILES string of the molecule is CON=C1C[C@@H](C)O[C@@H](O[C@@H]2[C@@H](C)[C@H](O[C@H]3CC(C)N(CCC(C)C)C[C@H](C)O3)[C@@H](C)C(=O)O[C@H]([C@@H](C)CO[C@@H]3C[C@H](C)[C@@H](O)[C@@H](OC)[C@H]3OC)[C@H](C)[C@@H](OC(=O)CC(C)C)[C@@H](C)C(=O)[C@@](C)(O)C[C@@H]2C)[C@@H]1O. The average Bonchev–Trinajstić information content (AvgIpc) is 3.45. The highest BCUT2D eigenvalue weighted by Crippen LogP contribution is 2.40. The molecule has 4 fully saturated rings. The molecular formula is C55H98N2O16. The number of aliphatic hydroxyl groups excluding tert-OH is 2. The summed E-state index contributed by atoms with van der Waals surface area (Å²) >= 11 is 0. The van der Waals surface area contributed by atoms with Crippen molar-refractivity contribution in [1.29, 1.82) is 0 Å². The first kappa shape index (κ1) is 63.2. The number of Topliss-reactive ketones (excluding diaryl/α,β-unsaturated/α-hetero) is 1. The molecule has 424 valence electrons. The Morgan fingerprint density at radius 1 is 0.795 bits per heavy atom. The zero-order valence-corrected chi connectivity index (χ0v) is 47.7. The number of hydrogen-bond donors (Lipinski definition) is 3. The lowest BCUT2D eigenvalue weighted by Crippen LogP contribution is -2.56. The number of oxime groups is 1. The Morgan fingerprint density at radius 2 is 1.45 bits per heavy atom. The van der Waals surface area contributed by atoms with Crippen LogP contribution in [-0.2, 0) is 61.9 Å².